The van der Waals surface area contributed by atoms with Crippen LogP contribution in [-0.2, 0) is 13.1 Å². The van der Waals surface area contributed by atoms with Crippen LogP contribution < -0.4 is 0 Å². The number of fused-ring (bicyclic) bond motifs is 1. The smallest absolute Gasteiger partial charge is 0.0805 e. The maximum absolute atomic E-state index is 10.4. The first-order valence-electron chi connectivity index (χ1n) is 8.24. The summed E-state index contributed by atoms with van der Waals surface area (Å²) in [4.78, 5) is 2.34. The van der Waals surface area contributed by atoms with Gasteiger partial charge in [-0.05, 0) is 29.7 Å². The summed E-state index contributed by atoms with van der Waals surface area (Å²) < 4.78 is 1.88. The number of hydrogen-bond donors (Lipinski definition) is 1. The van der Waals surface area contributed by atoms with Crippen LogP contribution in [0.5, 0.6) is 0 Å². The predicted molar refractivity (Wildman–Crippen MR) is 91.5 cm³/mol. The van der Waals surface area contributed by atoms with Crippen molar-refractivity contribution in [2.45, 2.75) is 25.6 Å². The molecule has 5 heteroatoms. The molecule has 0 saturated carbocycles. The minimum atomic E-state index is -0.386. The highest BCUT2D eigenvalue weighted by molar-refractivity contribution is 5.32. The highest BCUT2D eigenvalue weighted by Gasteiger charge is 2.21. The van der Waals surface area contributed by atoms with Crippen LogP contribution in [0.2, 0.25) is 0 Å². The summed E-state index contributed by atoms with van der Waals surface area (Å²) in [5.41, 5.74) is 4.31. The standard InChI is InChI=1S/C19H20N4O/c24-19-10-11-22(13-15-6-4-5-9-18(15)19)14-17-12-20-21-23(17)16-7-2-1-3-8-16/h1-9,12,19,24H,10-11,13-14H2. The molecule has 1 aliphatic heterocycles. The van der Waals surface area contributed by atoms with Crippen LogP contribution in [0.25, 0.3) is 5.69 Å². The molecule has 0 amide bonds. The summed E-state index contributed by atoms with van der Waals surface area (Å²) in [6, 6.07) is 18.2. The second-order valence-corrected chi connectivity index (χ2v) is 6.19. The van der Waals surface area contributed by atoms with Gasteiger partial charge in [-0.1, -0.05) is 47.7 Å². The van der Waals surface area contributed by atoms with Gasteiger partial charge in [0.2, 0.25) is 0 Å². The van der Waals surface area contributed by atoms with Gasteiger partial charge < -0.3 is 5.11 Å². The first-order valence-corrected chi connectivity index (χ1v) is 8.24. The molecule has 122 valence electrons. The van der Waals surface area contributed by atoms with Gasteiger partial charge in [-0.2, -0.15) is 0 Å². The van der Waals surface area contributed by atoms with Gasteiger partial charge in [0, 0.05) is 19.6 Å². The van der Waals surface area contributed by atoms with E-state index in [9.17, 15) is 5.11 Å². The van der Waals surface area contributed by atoms with Crippen molar-refractivity contribution in [3.05, 3.63) is 77.6 Å². The van der Waals surface area contributed by atoms with E-state index in [0.717, 1.165) is 43.0 Å². The Morgan fingerprint density at radius 2 is 1.83 bits per heavy atom. The molecule has 0 bridgehead atoms. The summed E-state index contributed by atoms with van der Waals surface area (Å²) >= 11 is 0. The van der Waals surface area contributed by atoms with Crippen molar-refractivity contribution < 1.29 is 5.11 Å². The van der Waals surface area contributed by atoms with E-state index >= 15 is 0 Å². The van der Waals surface area contributed by atoms with Gasteiger partial charge >= 0.3 is 0 Å². The number of rotatable bonds is 3. The second kappa shape index (κ2) is 6.55. The van der Waals surface area contributed by atoms with E-state index in [1.54, 1.807) is 0 Å². The fourth-order valence-corrected chi connectivity index (χ4v) is 3.30. The van der Waals surface area contributed by atoms with Crippen LogP contribution >= 0.6 is 0 Å². The highest BCUT2D eigenvalue weighted by Crippen LogP contribution is 2.27. The summed E-state index contributed by atoms with van der Waals surface area (Å²) in [5.74, 6) is 0. The zero-order chi connectivity index (χ0) is 16.4. The number of benzene rings is 2. The number of aromatic nitrogens is 3. The van der Waals surface area contributed by atoms with Crippen LogP contribution in [0.15, 0.2) is 60.8 Å². The lowest BCUT2D eigenvalue weighted by molar-refractivity contribution is 0.149. The molecule has 5 nitrogen and oxygen atoms in total. The molecule has 0 aliphatic carbocycles. The number of nitrogens with zero attached hydrogens (tertiary/aromatic N) is 4. The summed E-state index contributed by atoms with van der Waals surface area (Å²) in [5, 5.41) is 18.7. The third-order valence-corrected chi connectivity index (χ3v) is 4.53. The average Bonchev–Trinajstić information content (AvgIpc) is 3.02. The Kier molecular flexibility index (Phi) is 4.11. The first kappa shape index (κ1) is 15.1. The normalized spacial score (nSPS) is 18.1. The number of aliphatic hydroxyl groups is 1. The predicted octanol–water partition coefficient (Wildman–Crippen LogP) is 2.71. The van der Waals surface area contributed by atoms with E-state index in [2.05, 4.69) is 21.3 Å². The molecule has 0 spiro atoms. The van der Waals surface area contributed by atoms with E-state index in [1.807, 2.05) is 59.4 Å². The molecule has 0 fully saturated rings. The molecular formula is C19H20N4O. The second-order valence-electron chi connectivity index (χ2n) is 6.19. The molecule has 0 saturated heterocycles. The van der Waals surface area contributed by atoms with Gasteiger partial charge in [0.1, 0.15) is 0 Å². The molecule has 1 atom stereocenters. The van der Waals surface area contributed by atoms with Gasteiger partial charge in [-0.3, -0.25) is 4.90 Å². The zero-order valence-corrected chi connectivity index (χ0v) is 13.4. The molecule has 1 aromatic heterocycles. The van der Waals surface area contributed by atoms with Crippen molar-refractivity contribution in [3.63, 3.8) is 0 Å². The minimum Gasteiger partial charge on any atom is -0.388 e. The van der Waals surface area contributed by atoms with E-state index in [-0.39, 0.29) is 6.10 Å². The summed E-state index contributed by atoms with van der Waals surface area (Å²) in [7, 11) is 0. The van der Waals surface area contributed by atoms with E-state index < -0.39 is 0 Å². The molecule has 24 heavy (non-hydrogen) atoms. The zero-order valence-electron chi connectivity index (χ0n) is 13.4. The molecule has 1 unspecified atom stereocenters. The Morgan fingerprint density at radius 1 is 1.04 bits per heavy atom. The van der Waals surface area contributed by atoms with Gasteiger partial charge in [-0.15, -0.1) is 5.10 Å². The van der Waals surface area contributed by atoms with Gasteiger partial charge in [-0.25, -0.2) is 4.68 Å². The van der Waals surface area contributed by atoms with Crippen LogP contribution in [0.1, 0.15) is 29.3 Å². The van der Waals surface area contributed by atoms with Gasteiger partial charge in [0.25, 0.3) is 0 Å². The van der Waals surface area contributed by atoms with Crippen LogP contribution in [0, 0.1) is 0 Å². The maximum atomic E-state index is 10.4. The molecule has 4 rings (SSSR count). The quantitative estimate of drug-likeness (QED) is 0.806. The number of aliphatic hydroxyl groups excluding tert-OH is 1. The Bertz CT molecular complexity index is 815. The van der Waals surface area contributed by atoms with Crippen molar-refractivity contribution in [1.29, 1.82) is 0 Å². The van der Waals surface area contributed by atoms with E-state index in [0.29, 0.717) is 0 Å². The molecule has 2 heterocycles. The van der Waals surface area contributed by atoms with Crippen LogP contribution in [-0.4, -0.2) is 31.5 Å². The highest BCUT2D eigenvalue weighted by atomic mass is 16.3. The largest absolute Gasteiger partial charge is 0.388 e. The van der Waals surface area contributed by atoms with Crippen molar-refractivity contribution in [2.24, 2.45) is 0 Å². The molecular weight excluding hydrogens is 300 g/mol. The average molecular weight is 320 g/mol. The van der Waals surface area contributed by atoms with Gasteiger partial charge in [0.15, 0.2) is 0 Å². The molecule has 3 aromatic rings. The van der Waals surface area contributed by atoms with Crippen molar-refractivity contribution in [2.75, 3.05) is 6.54 Å². The topological polar surface area (TPSA) is 54.2 Å². The molecule has 1 aliphatic rings. The lowest BCUT2D eigenvalue weighted by Gasteiger charge is -2.20. The Hall–Kier alpha value is -2.50. The van der Waals surface area contributed by atoms with Crippen molar-refractivity contribution in [3.8, 4) is 5.69 Å². The lowest BCUT2D eigenvalue weighted by atomic mass is 10.0. The van der Waals surface area contributed by atoms with E-state index in [1.165, 1.54) is 5.56 Å². The molecule has 1 N–H and O–H groups in total. The SMILES string of the molecule is OC1CCN(Cc2cnnn2-c2ccccc2)Cc2ccccc21. The Balaban J connectivity index is 1.58. The molecule has 0 radical (unpaired) electrons. The summed E-state index contributed by atoms with van der Waals surface area (Å²) in [6.07, 6.45) is 2.17. The van der Waals surface area contributed by atoms with Gasteiger partial charge in [0.05, 0.1) is 23.7 Å². The minimum absolute atomic E-state index is 0.386. The number of para-hydroxylation sites is 1. The third kappa shape index (κ3) is 2.96. The summed E-state index contributed by atoms with van der Waals surface area (Å²) in [6.45, 7) is 2.42. The maximum Gasteiger partial charge on any atom is 0.0805 e. The fraction of sp³-hybridized carbons (Fsp3) is 0.263. The van der Waals surface area contributed by atoms with Crippen molar-refractivity contribution >= 4 is 0 Å². The Labute approximate surface area is 141 Å². The van der Waals surface area contributed by atoms with Crippen LogP contribution in [0.3, 0.4) is 0 Å². The van der Waals surface area contributed by atoms with Crippen LogP contribution in [0.4, 0.5) is 0 Å². The first-order chi connectivity index (χ1) is 11.8. The third-order valence-electron chi connectivity index (χ3n) is 4.53. The molecule has 2 aromatic carbocycles. The fourth-order valence-electron chi connectivity index (χ4n) is 3.30. The lowest BCUT2D eigenvalue weighted by Crippen LogP contribution is -2.24. The van der Waals surface area contributed by atoms with E-state index in [4.69, 9.17) is 0 Å². The monoisotopic (exact) mass is 320 g/mol. The van der Waals surface area contributed by atoms with Crippen molar-refractivity contribution in [1.82, 2.24) is 19.9 Å². The Morgan fingerprint density at radius 3 is 2.71 bits per heavy atom. The number of hydrogen-bond acceptors (Lipinski definition) is 4.